The van der Waals surface area contributed by atoms with Gasteiger partial charge in [0.15, 0.2) is 13.2 Å². The third kappa shape index (κ3) is 9.30. The minimum atomic E-state index is -0.425. The van der Waals surface area contributed by atoms with Crippen LogP contribution in [0.2, 0.25) is 0 Å². The Hall–Kier alpha value is -5.34. The van der Waals surface area contributed by atoms with Crippen LogP contribution in [-0.4, -0.2) is 72.6 Å². The van der Waals surface area contributed by atoms with Crippen LogP contribution in [0.3, 0.4) is 0 Å². The van der Waals surface area contributed by atoms with Gasteiger partial charge in [-0.3, -0.25) is 30.0 Å². The number of hydrazine groups is 2. The van der Waals surface area contributed by atoms with E-state index in [1.165, 1.54) is 33.5 Å². The molecule has 12 nitrogen and oxygen atoms in total. The minimum Gasteiger partial charge on any atom is -0.497 e. The number of aryl methyl sites for hydroxylation is 2. The molecule has 2 aliphatic rings. The third-order valence-corrected chi connectivity index (χ3v) is 10.7. The van der Waals surface area contributed by atoms with E-state index in [1.54, 1.807) is 14.2 Å². The first-order valence-corrected chi connectivity index (χ1v) is 18.6. The van der Waals surface area contributed by atoms with E-state index in [4.69, 9.17) is 18.9 Å². The Morgan fingerprint density at radius 1 is 0.577 bits per heavy atom. The molecule has 4 aromatic rings. The number of nitrogens with zero attached hydrogens (tertiary/aromatic N) is 2. The summed E-state index contributed by atoms with van der Waals surface area (Å²) in [6.45, 7) is -0.474. The molecule has 0 radical (unpaired) electrons. The molecule has 2 fully saturated rings. The molecule has 0 bridgehead atoms. The van der Waals surface area contributed by atoms with Crippen LogP contribution in [0.5, 0.6) is 23.0 Å². The summed E-state index contributed by atoms with van der Waals surface area (Å²) in [5, 5.41) is 2.05. The average Bonchev–Trinajstić information content (AvgIpc) is 3.73. The first kappa shape index (κ1) is 36.5. The van der Waals surface area contributed by atoms with Gasteiger partial charge in [-0.15, -0.1) is 23.5 Å². The molecule has 4 aromatic carbocycles. The molecular weight excluding hydrogens is 705 g/mol. The van der Waals surface area contributed by atoms with Crippen molar-refractivity contribution in [3.63, 3.8) is 0 Å². The van der Waals surface area contributed by atoms with Crippen molar-refractivity contribution in [1.82, 2.24) is 20.9 Å². The quantitative estimate of drug-likeness (QED) is 0.174. The van der Waals surface area contributed by atoms with E-state index >= 15 is 0 Å². The fraction of sp³-hybridized carbons (Fsp3) is 0.263. The zero-order valence-corrected chi connectivity index (χ0v) is 30.2. The lowest BCUT2D eigenvalue weighted by molar-refractivity contribution is -0.140. The second-order valence-electron chi connectivity index (χ2n) is 11.8. The van der Waals surface area contributed by atoms with Gasteiger partial charge in [-0.25, -0.2) is 10.0 Å². The third-order valence-electron chi connectivity index (χ3n) is 8.32. The Labute approximate surface area is 310 Å². The van der Waals surface area contributed by atoms with Gasteiger partial charge in [0.05, 0.1) is 25.7 Å². The Bertz CT molecular complexity index is 1720. The number of carbonyl (C=O) groups is 4. The van der Waals surface area contributed by atoms with Gasteiger partial charge in [-0.1, -0.05) is 48.5 Å². The number of hydrogen-bond acceptors (Lipinski definition) is 10. The summed E-state index contributed by atoms with van der Waals surface area (Å²) in [5.41, 5.74) is 9.34. The lowest BCUT2D eigenvalue weighted by atomic mass is 10.0. The molecule has 0 aliphatic carbocycles. The number of benzene rings is 4. The van der Waals surface area contributed by atoms with E-state index in [1.807, 2.05) is 97.1 Å². The molecule has 0 spiro atoms. The highest BCUT2D eigenvalue weighted by molar-refractivity contribution is 8.00. The second-order valence-corrected chi connectivity index (χ2v) is 14.0. The number of hydrogen-bond donors (Lipinski definition) is 2. The Morgan fingerprint density at radius 2 is 0.923 bits per heavy atom. The van der Waals surface area contributed by atoms with Gasteiger partial charge >= 0.3 is 0 Å². The maximum atomic E-state index is 12.7. The van der Waals surface area contributed by atoms with Crippen LogP contribution in [0.4, 0.5) is 0 Å². The summed E-state index contributed by atoms with van der Waals surface area (Å²) in [7, 11) is 3.18. The van der Waals surface area contributed by atoms with Crippen molar-refractivity contribution < 1.29 is 38.1 Å². The lowest BCUT2D eigenvalue weighted by Gasteiger charge is -2.24. The van der Waals surface area contributed by atoms with E-state index in [9.17, 15) is 19.2 Å². The van der Waals surface area contributed by atoms with Gasteiger partial charge < -0.3 is 18.9 Å². The largest absolute Gasteiger partial charge is 0.497 e. The van der Waals surface area contributed by atoms with Crippen LogP contribution in [0.1, 0.15) is 33.0 Å². The molecule has 2 heterocycles. The second kappa shape index (κ2) is 17.2. The van der Waals surface area contributed by atoms with Crippen LogP contribution in [0, 0.1) is 0 Å². The molecule has 2 atom stereocenters. The maximum absolute atomic E-state index is 12.7. The molecule has 0 saturated carbocycles. The zero-order chi connectivity index (χ0) is 36.5. The van der Waals surface area contributed by atoms with Crippen molar-refractivity contribution in [3.05, 3.63) is 119 Å². The normalized spacial score (nSPS) is 16.8. The first-order chi connectivity index (χ1) is 25.3. The number of methoxy groups -OCH3 is 2. The van der Waals surface area contributed by atoms with Crippen LogP contribution < -0.4 is 29.8 Å². The van der Waals surface area contributed by atoms with Crippen molar-refractivity contribution in [2.24, 2.45) is 0 Å². The SMILES string of the molecule is COc1ccc(C2SCC(=O)N2NC(=O)COc2ccc(CCc3ccc(OCC(=O)NN4C(=O)CSC4c4ccc(OC)cc4)cc3)cc2)cc1. The maximum Gasteiger partial charge on any atom is 0.276 e. The fourth-order valence-electron chi connectivity index (χ4n) is 5.54. The number of thioether (sulfide) groups is 2. The van der Waals surface area contributed by atoms with Crippen LogP contribution in [0.25, 0.3) is 0 Å². The molecule has 2 unspecified atom stereocenters. The van der Waals surface area contributed by atoms with Crippen molar-refractivity contribution in [3.8, 4) is 23.0 Å². The number of rotatable bonds is 15. The van der Waals surface area contributed by atoms with Crippen molar-refractivity contribution in [2.45, 2.75) is 23.6 Å². The molecule has 2 saturated heterocycles. The van der Waals surface area contributed by atoms with Crippen molar-refractivity contribution in [1.29, 1.82) is 0 Å². The zero-order valence-electron chi connectivity index (χ0n) is 28.6. The smallest absolute Gasteiger partial charge is 0.276 e. The number of ether oxygens (including phenoxy) is 4. The standard InChI is InChI=1S/C38H38N4O8S2/c1-47-29-17-9-27(10-18-29)37-41(35(45)23-51-37)39-33(43)21-49-31-13-5-25(6-14-31)3-4-26-7-15-32(16-8-26)50-22-34(44)40-42-36(46)24-52-38(42)28-11-19-30(48-2)20-12-28/h5-20,37-38H,3-4,21-24H2,1-2H3,(H,39,43)(H,40,44). The highest BCUT2D eigenvalue weighted by Crippen LogP contribution is 2.39. The minimum absolute atomic E-state index is 0.177. The fourth-order valence-corrected chi connectivity index (χ4v) is 7.76. The Balaban J connectivity index is 0.911. The summed E-state index contributed by atoms with van der Waals surface area (Å²) < 4.78 is 21.8. The molecular formula is C38H38N4O8S2. The topological polar surface area (TPSA) is 136 Å². The predicted octanol–water partition coefficient (Wildman–Crippen LogP) is 4.86. The van der Waals surface area contributed by atoms with E-state index in [2.05, 4.69) is 10.9 Å². The molecule has 14 heteroatoms. The highest BCUT2D eigenvalue weighted by Gasteiger charge is 2.35. The average molecular weight is 743 g/mol. The summed E-state index contributed by atoms with van der Waals surface area (Å²) >= 11 is 2.88. The van der Waals surface area contributed by atoms with E-state index in [0.717, 1.165) is 35.1 Å². The summed E-state index contributed by atoms with van der Waals surface area (Å²) in [5.74, 6) is 1.85. The molecule has 2 N–H and O–H groups in total. The summed E-state index contributed by atoms with van der Waals surface area (Å²) in [6, 6.07) is 29.8. The van der Waals surface area contributed by atoms with Gasteiger partial charge in [-0.2, -0.15) is 0 Å². The van der Waals surface area contributed by atoms with Gasteiger partial charge in [0.25, 0.3) is 23.6 Å². The van der Waals surface area contributed by atoms with Gasteiger partial charge in [-0.05, 0) is 83.6 Å². The van der Waals surface area contributed by atoms with Crippen LogP contribution >= 0.6 is 23.5 Å². The first-order valence-electron chi connectivity index (χ1n) is 16.5. The number of carbonyl (C=O) groups excluding carboxylic acids is 4. The molecule has 4 amide bonds. The van der Waals surface area contributed by atoms with Crippen molar-refractivity contribution >= 4 is 47.2 Å². The number of amides is 4. The summed E-state index contributed by atoms with van der Waals surface area (Å²) in [6.07, 6.45) is 1.56. The van der Waals surface area contributed by atoms with Crippen molar-refractivity contribution in [2.75, 3.05) is 38.9 Å². The van der Waals surface area contributed by atoms with Gasteiger partial charge in [0, 0.05) is 0 Å². The van der Waals surface area contributed by atoms with Crippen LogP contribution in [-0.2, 0) is 32.0 Å². The van der Waals surface area contributed by atoms with E-state index in [0.29, 0.717) is 23.0 Å². The van der Waals surface area contributed by atoms with Gasteiger partial charge in [0.2, 0.25) is 0 Å². The van der Waals surface area contributed by atoms with Crippen LogP contribution in [0.15, 0.2) is 97.1 Å². The molecule has 6 rings (SSSR count). The molecule has 0 aromatic heterocycles. The Kier molecular flexibility index (Phi) is 12.1. The number of nitrogens with one attached hydrogen (secondary N) is 2. The summed E-state index contributed by atoms with van der Waals surface area (Å²) in [4.78, 5) is 50.3. The molecule has 2 aliphatic heterocycles. The Morgan fingerprint density at radius 3 is 1.27 bits per heavy atom. The monoisotopic (exact) mass is 742 g/mol. The van der Waals surface area contributed by atoms with Gasteiger partial charge in [0.1, 0.15) is 33.7 Å². The molecule has 52 heavy (non-hydrogen) atoms. The van der Waals surface area contributed by atoms with E-state index < -0.39 is 11.8 Å². The highest BCUT2D eigenvalue weighted by atomic mass is 32.2. The van der Waals surface area contributed by atoms with E-state index in [-0.39, 0.29) is 47.3 Å². The predicted molar refractivity (Wildman–Crippen MR) is 198 cm³/mol. The molecule has 270 valence electrons. The lowest BCUT2D eigenvalue weighted by Crippen LogP contribution is -2.46.